The van der Waals surface area contributed by atoms with Gasteiger partial charge in [0.2, 0.25) is 0 Å². The van der Waals surface area contributed by atoms with Crippen LogP contribution in [-0.2, 0) is 0 Å². The number of aromatic amines is 1. The van der Waals surface area contributed by atoms with Gasteiger partial charge < -0.3 is 4.98 Å². The molecule has 2 rings (SSSR count). The van der Waals surface area contributed by atoms with Crippen LogP contribution in [-0.4, -0.2) is 58.8 Å². The number of H-pyrrole nitrogens is 1. The molecule has 1 aliphatic rings. The third-order valence-electron chi connectivity index (χ3n) is 4.14. The minimum atomic E-state index is 0.227. The first-order valence-electron chi connectivity index (χ1n) is 7.44. The molecule has 0 amide bonds. The fourth-order valence-electron chi connectivity index (χ4n) is 2.88. The van der Waals surface area contributed by atoms with Crippen molar-refractivity contribution in [1.82, 2.24) is 14.8 Å². The van der Waals surface area contributed by atoms with Gasteiger partial charge in [0.1, 0.15) is 0 Å². The van der Waals surface area contributed by atoms with Crippen molar-refractivity contribution in [3.8, 4) is 0 Å². The Morgan fingerprint density at radius 2 is 1.80 bits per heavy atom. The number of Topliss-reactive ketones (excluding diaryl/α,β-unsaturated/α-hetero) is 1. The topological polar surface area (TPSA) is 39.3 Å². The number of ketones is 1. The minimum absolute atomic E-state index is 0.227. The molecule has 0 saturated carbocycles. The minimum Gasteiger partial charge on any atom is -0.362 e. The van der Waals surface area contributed by atoms with Crippen LogP contribution < -0.4 is 0 Å². The molecular formula is C16H27N3O. The van der Waals surface area contributed by atoms with E-state index in [9.17, 15) is 4.79 Å². The second kappa shape index (κ2) is 5.70. The van der Waals surface area contributed by atoms with E-state index < -0.39 is 0 Å². The number of nitrogens with zero attached hydrogens (tertiary/aromatic N) is 2. The van der Waals surface area contributed by atoms with Crippen LogP contribution in [0.4, 0.5) is 0 Å². The van der Waals surface area contributed by atoms with E-state index in [0.717, 1.165) is 43.1 Å². The van der Waals surface area contributed by atoms with Gasteiger partial charge in [-0.2, -0.15) is 0 Å². The number of rotatable bonds is 3. The van der Waals surface area contributed by atoms with Crippen LogP contribution in [0.15, 0.2) is 6.07 Å². The standard InChI is InChI=1S/C16H27N3O/c1-12-10-14(13(2)17-12)15(20)11-18-6-8-19(9-7-18)16(3,4)5/h10,17H,6-9,11H2,1-5H3. The molecule has 1 aromatic heterocycles. The second-order valence-electron chi connectivity index (χ2n) is 6.85. The summed E-state index contributed by atoms with van der Waals surface area (Å²) in [5, 5.41) is 0. The molecule has 2 heterocycles. The molecule has 1 fully saturated rings. The molecule has 0 bridgehead atoms. The number of hydrogen-bond donors (Lipinski definition) is 1. The molecule has 112 valence electrons. The largest absolute Gasteiger partial charge is 0.362 e. The van der Waals surface area contributed by atoms with E-state index >= 15 is 0 Å². The maximum atomic E-state index is 12.4. The second-order valence-corrected chi connectivity index (χ2v) is 6.85. The molecular weight excluding hydrogens is 250 g/mol. The summed E-state index contributed by atoms with van der Waals surface area (Å²) in [5.41, 5.74) is 3.12. The lowest BCUT2D eigenvalue weighted by atomic mass is 10.0. The highest BCUT2D eigenvalue weighted by atomic mass is 16.1. The maximum Gasteiger partial charge on any atom is 0.178 e. The van der Waals surface area contributed by atoms with Crippen LogP contribution in [0.2, 0.25) is 0 Å². The summed E-state index contributed by atoms with van der Waals surface area (Å²) in [6.07, 6.45) is 0. The van der Waals surface area contributed by atoms with Crippen LogP contribution in [0.1, 0.15) is 42.5 Å². The molecule has 0 aromatic carbocycles. The Bertz CT molecular complexity index is 476. The van der Waals surface area contributed by atoms with Gasteiger partial charge in [-0.3, -0.25) is 14.6 Å². The van der Waals surface area contributed by atoms with Crippen LogP contribution >= 0.6 is 0 Å². The van der Waals surface area contributed by atoms with Crippen molar-refractivity contribution in [2.45, 2.75) is 40.2 Å². The fourth-order valence-corrected chi connectivity index (χ4v) is 2.88. The predicted molar refractivity (Wildman–Crippen MR) is 82.4 cm³/mol. The van der Waals surface area contributed by atoms with E-state index in [2.05, 4.69) is 35.6 Å². The van der Waals surface area contributed by atoms with E-state index in [-0.39, 0.29) is 11.3 Å². The normalized spacial score (nSPS) is 18.4. The van der Waals surface area contributed by atoms with Crippen molar-refractivity contribution in [2.24, 2.45) is 0 Å². The molecule has 4 nitrogen and oxygen atoms in total. The number of nitrogens with one attached hydrogen (secondary N) is 1. The summed E-state index contributed by atoms with van der Waals surface area (Å²) in [6.45, 7) is 15.3. The third-order valence-corrected chi connectivity index (χ3v) is 4.14. The van der Waals surface area contributed by atoms with Crippen LogP contribution in [0.5, 0.6) is 0 Å². The third kappa shape index (κ3) is 3.49. The molecule has 1 saturated heterocycles. The number of aromatic nitrogens is 1. The van der Waals surface area contributed by atoms with Crippen molar-refractivity contribution in [3.05, 3.63) is 23.0 Å². The first-order valence-corrected chi connectivity index (χ1v) is 7.44. The van der Waals surface area contributed by atoms with Crippen molar-refractivity contribution in [3.63, 3.8) is 0 Å². The van der Waals surface area contributed by atoms with E-state index in [1.807, 2.05) is 19.9 Å². The van der Waals surface area contributed by atoms with Crippen molar-refractivity contribution < 1.29 is 4.79 Å². The lowest BCUT2D eigenvalue weighted by Crippen LogP contribution is -2.54. The maximum absolute atomic E-state index is 12.4. The molecule has 20 heavy (non-hydrogen) atoms. The Kier molecular flexibility index (Phi) is 4.35. The highest BCUT2D eigenvalue weighted by Crippen LogP contribution is 2.16. The van der Waals surface area contributed by atoms with Gasteiger partial charge in [0.25, 0.3) is 0 Å². The molecule has 0 atom stereocenters. The molecule has 1 aromatic rings. The van der Waals surface area contributed by atoms with Crippen LogP contribution in [0, 0.1) is 13.8 Å². The van der Waals surface area contributed by atoms with Gasteiger partial charge in [-0.15, -0.1) is 0 Å². The number of piperazine rings is 1. The summed E-state index contributed by atoms with van der Waals surface area (Å²) in [5.74, 6) is 0.232. The Balaban J connectivity index is 1.90. The van der Waals surface area contributed by atoms with E-state index in [1.165, 1.54) is 0 Å². The Labute approximate surface area is 122 Å². The SMILES string of the molecule is Cc1cc(C(=O)CN2CCN(C(C)(C)C)CC2)c(C)[nH]1. The first-order chi connectivity index (χ1) is 9.27. The first kappa shape index (κ1) is 15.3. The summed E-state index contributed by atoms with van der Waals surface area (Å²) in [7, 11) is 0. The quantitative estimate of drug-likeness (QED) is 0.861. The van der Waals surface area contributed by atoms with Crippen LogP contribution in [0.25, 0.3) is 0 Å². The predicted octanol–water partition coefficient (Wildman–Crippen LogP) is 2.23. The number of aryl methyl sites for hydroxylation is 2. The molecule has 1 N–H and O–H groups in total. The van der Waals surface area contributed by atoms with Gasteiger partial charge in [-0.05, 0) is 40.7 Å². The molecule has 1 aliphatic heterocycles. The number of carbonyl (C=O) groups is 1. The van der Waals surface area contributed by atoms with Crippen LogP contribution in [0.3, 0.4) is 0 Å². The Morgan fingerprint density at radius 1 is 1.20 bits per heavy atom. The van der Waals surface area contributed by atoms with Gasteiger partial charge >= 0.3 is 0 Å². The smallest absolute Gasteiger partial charge is 0.178 e. The zero-order valence-electron chi connectivity index (χ0n) is 13.4. The van der Waals surface area contributed by atoms with Gasteiger partial charge in [0, 0.05) is 48.7 Å². The average molecular weight is 277 g/mol. The monoisotopic (exact) mass is 277 g/mol. The van der Waals surface area contributed by atoms with E-state index in [1.54, 1.807) is 0 Å². The number of carbonyl (C=O) groups excluding carboxylic acids is 1. The molecule has 4 heteroatoms. The summed E-state index contributed by atoms with van der Waals surface area (Å²) in [6, 6.07) is 1.96. The van der Waals surface area contributed by atoms with E-state index in [0.29, 0.717) is 6.54 Å². The van der Waals surface area contributed by atoms with Gasteiger partial charge in [-0.25, -0.2) is 0 Å². The highest BCUT2D eigenvalue weighted by Gasteiger charge is 2.26. The Morgan fingerprint density at radius 3 is 2.25 bits per heavy atom. The van der Waals surface area contributed by atoms with E-state index in [4.69, 9.17) is 0 Å². The average Bonchev–Trinajstić information content (AvgIpc) is 2.68. The highest BCUT2D eigenvalue weighted by molar-refractivity contribution is 5.98. The van der Waals surface area contributed by atoms with Crippen molar-refractivity contribution in [2.75, 3.05) is 32.7 Å². The molecule has 0 aliphatic carbocycles. The molecule has 0 spiro atoms. The Hall–Kier alpha value is -1.13. The van der Waals surface area contributed by atoms with Gasteiger partial charge in [0.05, 0.1) is 6.54 Å². The zero-order chi connectivity index (χ0) is 14.9. The van der Waals surface area contributed by atoms with Gasteiger partial charge in [-0.1, -0.05) is 0 Å². The number of hydrogen-bond acceptors (Lipinski definition) is 3. The lowest BCUT2D eigenvalue weighted by molar-refractivity contribution is 0.0579. The fraction of sp³-hybridized carbons (Fsp3) is 0.688. The molecule has 0 radical (unpaired) electrons. The van der Waals surface area contributed by atoms with Gasteiger partial charge in [0.15, 0.2) is 5.78 Å². The zero-order valence-corrected chi connectivity index (χ0v) is 13.4. The summed E-state index contributed by atoms with van der Waals surface area (Å²) in [4.78, 5) is 20.3. The summed E-state index contributed by atoms with van der Waals surface area (Å²) >= 11 is 0. The van der Waals surface area contributed by atoms with Crippen molar-refractivity contribution >= 4 is 5.78 Å². The van der Waals surface area contributed by atoms with Crippen molar-refractivity contribution in [1.29, 1.82) is 0 Å². The molecule has 0 unspecified atom stereocenters. The summed E-state index contributed by atoms with van der Waals surface area (Å²) < 4.78 is 0. The lowest BCUT2D eigenvalue weighted by Gasteiger charge is -2.42.